The number of aromatic nitrogens is 2. The molecule has 1 fully saturated rings. The summed E-state index contributed by atoms with van der Waals surface area (Å²) < 4.78 is 25.7. The maximum absolute atomic E-state index is 14.8. The third-order valence-electron chi connectivity index (χ3n) is 4.57. The first-order chi connectivity index (χ1) is 13.5. The van der Waals surface area contributed by atoms with Crippen LogP contribution in [0.4, 0.5) is 15.0 Å². The highest BCUT2D eigenvalue weighted by atomic mass is 79.9. The predicted octanol–water partition coefficient (Wildman–Crippen LogP) is 4.64. The molecule has 0 saturated carbocycles. The largest absolute Gasteiger partial charge is 0.495 e. The lowest BCUT2D eigenvalue weighted by molar-refractivity contribution is 0.0159. The van der Waals surface area contributed by atoms with Gasteiger partial charge < -0.3 is 19.3 Å². The van der Waals surface area contributed by atoms with Crippen LogP contribution in [-0.4, -0.2) is 59.3 Å². The van der Waals surface area contributed by atoms with Gasteiger partial charge in [0.15, 0.2) is 5.82 Å². The minimum absolute atomic E-state index is 0.0503. The van der Waals surface area contributed by atoms with Crippen molar-refractivity contribution in [3.8, 4) is 5.75 Å². The van der Waals surface area contributed by atoms with Crippen LogP contribution in [0.3, 0.4) is 0 Å². The number of anilines is 1. The molecule has 7 nitrogen and oxygen atoms in total. The van der Waals surface area contributed by atoms with Crippen molar-refractivity contribution in [1.29, 1.82) is 0 Å². The minimum Gasteiger partial charge on any atom is -0.495 e. The summed E-state index contributed by atoms with van der Waals surface area (Å²) in [4.78, 5) is 24.5. The van der Waals surface area contributed by atoms with Gasteiger partial charge in [0.1, 0.15) is 22.7 Å². The second-order valence-electron chi connectivity index (χ2n) is 7.89. The highest BCUT2D eigenvalue weighted by Gasteiger charge is 2.32. The Bertz CT molecular complexity index is 953. The van der Waals surface area contributed by atoms with Crippen molar-refractivity contribution in [2.45, 2.75) is 39.3 Å². The second-order valence-corrected chi connectivity index (χ2v) is 9.02. The van der Waals surface area contributed by atoms with E-state index in [2.05, 4.69) is 25.9 Å². The van der Waals surface area contributed by atoms with E-state index in [-0.39, 0.29) is 27.4 Å². The number of hydrogen-bond acceptors (Lipinski definition) is 6. The van der Waals surface area contributed by atoms with Gasteiger partial charge in [0.25, 0.3) is 0 Å². The van der Waals surface area contributed by atoms with Gasteiger partial charge in [-0.25, -0.2) is 14.2 Å². The van der Waals surface area contributed by atoms with Gasteiger partial charge in [-0.15, -0.1) is 0 Å². The predicted molar refractivity (Wildman–Crippen MR) is 113 cm³/mol. The normalized spacial score (nSPS) is 17.6. The molecule has 1 unspecified atom stereocenters. The van der Waals surface area contributed by atoms with Crippen LogP contribution in [0.25, 0.3) is 10.9 Å². The number of carbonyl (C=O) groups is 1. The highest BCUT2D eigenvalue weighted by Crippen LogP contribution is 2.37. The van der Waals surface area contributed by atoms with Crippen LogP contribution in [0.1, 0.15) is 27.7 Å². The minimum atomic E-state index is -0.565. The van der Waals surface area contributed by atoms with Crippen molar-refractivity contribution >= 4 is 50.3 Å². The summed E-state index contributed by atoms with van der Waals surface area (Å²) in [5, 5.41) is 0.440. The Balaban J connectivity index is 1.94. The molecule has 0 bridgehead atoms. The monoisotopic (exact) mass is 488 g/mol. The summed E-state index contributed by atoms with van der Waals surface area (Å²) in [6.07, 6.45) is -0.355. The fraction of sp³-hybridized carbons (Fsp3) is 0.526. The van der Waals surface area contributed by atoms with E-state index >= 15 is 0 Å². The van der Waals surface area contributed by atoms with Crippen molar-refractivity contribution < 1.29 is 18.7 Å². The zero-order valence-electron chi connectivity index (χ0n) is 16.9. The zero-order chi connectivity index (χ0) is 21.5. The van der Waals surface area contributed by atoms with Crippen LogP contribution < -0.4 is 9.64 Å². The van der Waals surface area contributed by atoms with E-state index in [0.29, 0.717) is 36.6 Å². The molecule has 158 valence electrons. The zero-order valence-corrected chi connectivity index (χ0v) is 19.3. The topological polar surface area (TPSA) is 67.8 Å². The molecular formula is C19H23BrClFN4O3. The molecule has 1 atom stereocenters. The van der Waals surface area contributed by atoms with Gasteiger partial charge in [-0.3, -0.25) is 0 Å². The summed E-state index contributed by atoms with van der Waals surface area (Å²) in [5.41, 5.74) is -0.457. The Morgan fingerprint density at radius 1 is 1.34 bits per heavy atom. The lowest BCUT2D eigenvalue weighted by Gasteiger charge is -2.41. The maximum atomic E-state index is 14.8. The fourth-order valence-corrected chi connectivity index (χ4v) is 3.90. The second kappa shape index (κ2) is 8.10. The molecule has 0 spiro atoms. The Morgan fingerprint density at radius 2 is 2.03 bits per heavy atom. The van der Waals surface area contributed by atoms with Crippen LogP contribution in [0.2, 0.25) is 5.28 Å². The van der Waals surface area contributed by atoms with Gasteiger partial charge >= 0.3 is 6.09 Å². The van der Waals surface area contributed by atoms with Crippen molar-refractivity contribution in [1.82, 2.24) is 14.9 Å². The third-order valence-corrected chi connectivity index (χ3v) is 5.47. The fourth-order valence-electron chi connectivity index (χ4n) is 3.27. The first kappa shape index (κ1) is 21.8. The smallest absolute Gasteiger partial charge is 0.410 e. The van der Waals surface area contributed by atoms with E-state index in [1.54, 1.807) is 11.0 Å². The van der Waals surface area contributed by atoms with E-state index in [0.717, 1.165) is 0 Å². The summed E-state index contributed by atoms with van der Waals surface area (Å²) in [6.45, 7) is 8.85. The number of hydrogen-bond donors (Lipinski definition) is 0. The highest BCUT2D eigenvalue weighted by molar-refractivity contribution is 9.10. The summed E-state index contributed by atoms with van der Waals surface area (Å²) in [6, 6.07) is 1.54. The molecule has 0 radical (unpaired) electrons. The first-order valence-electron chi connectivity index (χ1n) is 9.15. The number of methoxy groups -OCH3 is 1. The van der Waals surface area contributed by atoms with Gasteiger partial charge in [0.2, 0.25) is 5.28 Å². The lowest BCUT2D eigenvalue weighted by atomic mass is 10.1. The molecule has 0 N–H and O–H groups in total. The number of benzene rings is 1. The first-order valence-corrected chi connectivity index (χ1v) is 10.3. The number of ether oxygens (including phenoxy) is 2. The average molecular weight is 490 g/mol. The van der Waals surface area contributed by atoms with E-state index in [9.17, 15) is 9.18 Å². The molecule has 10 heteroatoms. The Labute approximate surface area is 182 Å². The van der Waals surface area contributed by atoms with E-state index in [1.807, 2.05) is 32.6 Å². The molecule has 1 aromatic heterocycles. The number of amides is 1. The Hall–Kier alpha value is -1.87. The van der Waals surface area contributed by atoms with Gasteiger partial charge in [-0.05, 0) is 61.3 Å². The molecule has 2 aromatic rings. The van der Waals surface area contributed by atoms with Crippen molar-refractivity contribution in [2.75, 3.05) is 31.6 Å². The van der Waals surface area contributed by atoms with Crippen LogP contribution in [0.15, 0.2) is 10.5 Å². The number of nitrogens with zero attached hydrogens (tertiary/aromatic N) is 4. The molecule has 0 aliphatic carbocycles. The third kappa shape index (κ3) is 4.50. The van der Waals surface area contributed by atoms with Crippen molar-refractivity contribution in [2.24, 2.45) is 0 Å². The van der Waals surface area contributed by atoms with Crippen molar-refractivity contribution in [3.05, 3.63) is 21.6 Å². The number of carbonyl (C=O) groups excluding carboxylic acids is 1. The van der Waals surface area contributed by atoms with E-state index in [1.165, 1.54) is 7.11 Å². The Kier molecular flexibility index (Phi) is 6.10. The molecule has 2 heterocycles. The molecular weight excluding hydrogens is 467 g/mol. The summed E-state index contributed by atoms with van der Waals surface area (Å²) >= 11 is 9.27. The van der Waals surface area contributed by atoms with Crippen LogP contribution in [0.5, 0.6) is 5.75 Å². The van der Waals surface area contributed by atoms with Crippen LogP contribution in [-0.2, 0) is 4.74 Å². The van der Waals surface area contributed by atoms with E-state index in [4.69, 9.17) is 21.1 Å². The van der Waals surface area contributed by atoms with Gasteiger partial charge in [-0.1, -0.05) is 0 Å². The molecule has 29 heavy (non-hydrogen) atoms. The summed E-state index contributed by atoms with van der Waals surface area (Å²) in [7, 11) is 1.46. The maximum Gasteiger partial charge on any atom is 0.410 e. The number of fused-ring (bicyclic) bond motifs is 1. The Morgan fingerprint density at radius 3 is 2.62 bits per heavy atom. The van der Waals surface area contributed by atoms with Gasteiger partial charge in [0, 0.05) is 31.1 Å². The van der Waals surface area contributed by atoms with Gasteiger partial charge in [-0.2, -0.15) is 4.98 Å². The molecule has 1 aliphatic rings. The molecule has 3 rings (SSSR count). The molecule has 1 aromatic carbocycles. The van der Waals surface area contributed by atoms with Gasteiger partial charge in [0.05, 0.1) is 11.6 Å². The van der Waals surface area contributed by atoms with Crippen LogP contribution >= 0.6 is 27.5 Å². The summed E-state index contributed by atoms with van der Waals surface area (Å²) in [5.74, 6) is 0.272. The SMILES string of the molecule is COc1cc2c(N3CCN(C(=O)OC(C)(C)C)C(C)C3)nc(Cl)nc2c(F)c1Br. The molecule has 1 aliphatic heterocycles. The molecule has 1 amide bonds. The van der Waals surface area contributed by atoms with Crippen LogP contribution in [0, 0.1) is 5.82 Å². The van der Waals surface area contributed by atoms with Crippen molar-refractivity contribution in [3.63, 3.8) is 0 Å². The number of rotatable bonds is 2. The number of halogens is 3. The quantitative estimate of drug-likeness (QED) is 0.573. The molecule has 1 saturated heterocycles. The standard InChI is InChI=1S/C19H23BrClFN4O3/c1-10-9-25(6-7-26(10)18(27)29-19(2,3)4)16-11-8-12(28-5)13(20)14(22)15(11)23-17(21)24-16/h8,10H,6-7,9H2,1-5H3. The average Bonchev–Trinajstić information content (AvgIpc) is 2.62. The lowest BCUT2D eigenvalue weighted by Crippen LogP contribution is -2.55. The van der Waals surface area contributed by atoms with E-state index < -0.39 is 11.4 Å². The number of piperazine rings is 1.